The summed E-state index contributed by atoms with van der Waals surface area (Å²) in [6, 6.07) is 4.82. The van der Waals surface area contributed by atoms with Crippen molar-refractivity contribution in [3.63, 3.8) is 0 Å². The lowest BCUT2D eigenvalue weighted by Crippen LogP contribution is -2.22. The van der Waals surface area contributed by atoms with Gasteiger partial charge in [0.15, 0.2) is 0 Å². The first-order valence-corrected chi connectivity index (χ1v) is 6.88. The molecule has 3 nitrogen and oxygen atoms in total. The lowest BCUT2D eigenvalue weighted by atomic mass is 10.1. The molecule has 1 atom stereocenters. The van der Waals surface area contributed by atoms with Crippen LogP contribution in [0.1, 0.15) is 24.4 Å². The summed E-state index contributed by atoms with van der Waals surface area (Å²) in [6.07, 6.45) is 3.75. The molecule has 0 aliphatic heterocycles. The fourth-order valence-corrected chi connectivity index (χ4v) is 2.80. The van der Waals surface area contributed by atoms with Crippen LogP contribution in [0.15, 0.2) is 30.6 Å². The quantitative estimate of drug-likeness (QED) is 0.851. The van der Waals surface area contributed by atoms with Crippen LogP contribution < -0.4 is 5.32 Å². The van der Waals surface area contributed by atoms with Crippen molar-refractivity contribution in [1.82, 2.24) is 14.9 Å². The van der Waals surface area contributed by atoms with Crippen LogP contribution in [0.3, 0.4) is 0 Å². The van der Waals surface area contributed by atoms with Gasteiger partial charge < -0.3 is 9.88 Å². The van der Waals surface area contributed by atoms with E-state index < -0.39 is 0 Å². The van der Waals surface area contributed by atoms with Crippen LogP contribution in [0.5, 0.6) is 0 Å². The van der Waals surface area contributed by atoms with Crippen LogP contribution in [0.4, 0.5) is 4.39 Å². The highest BCUT2D eigenvalue weighted by atomic mass is 127. The Kier molecular flexibility index (Phi) is 4.34. The minimum absolute atomic E-state index is 0.0209. The lowest BCUT2D eigenvalue weighted by molar-refractivity contribution is 0.583. The minimum Gasteiger partial charge on any atom is -0.334 e. The van der Waals surface area contributed by atoms with E-state index in [2.05, 4.69) is 44.4 Å². The van der Waals surface area contributed by atoms with Gasteiger partial charge in [0.25, 0.3) is 0 Å². The Hall–Kier alpha value is -0.950. The molecule has 1 unspecified atom stereocenters. The Morgan fingerprint density at radius 3 is 2.89 bits per heavy atom. The van der Waals surface area contributed by atoms with E-state index in [0.717, 1.165) is 21.5 Å². The molecule has 0 radical (unpaired) electrons. The van der Waals surface area contributed by atoms with Crippen molar-refractivity contribution in [3.8, 4) is 0 Å². The fraction of sp³-hybridized carbons (Fsp3) is 0.308. The first-order valence-electron chi connectivity index (χ1n) is 5.80. The first kappa shape index (κ1) is 13.5. The molecule has 96 valence electrons. The van der Waals surface area contributed by atoms with Crippen LogP contribution in [-0.2, 0) is 6.54 Å². The highest BCUT2D eigenvalue weighted by Crippen LogP contribution is 2.25. The second-order valence-corrected chi connectivity index (χ2v) is 5.12. The number of benzene rings is 1. The van der Waals surface area contributed by atoms with Gasteiger partial charge in [0.2, 0.25) is 0 Å². The SMILES string of the molecule is CCn1ccnc1C(NC)c1ccc(F)cc1I. The molecule has 0 aliphatic carbocycles. The van der Waals surface area contributed by atoms with Gasteiger partial charge in [-0.1, -0.05) is 6.07 Å². The molecule has 5 heteroatoms. The summed E-state index contributed by atoms with van der Waals surface area (Å²) >= 11 is 2.16. The summed E-state index contributed by atoms with van der Waals surface area (Å²) in [7, 11) is 1.89. The maximum atomic E-state index is 13.2. The van der Waals surface area contributed by atoms with Crippen molar-refractivity contribution in [2.24, 2.45) is 0 Å². The molecule has 0 fully saturated rings. The summed E-state index contributed by atoms with van der Waals surface area (Å²) in [6.45, 7) is 2.94. The summed E-state index contributed by atoms with van der Waals surface area (Å²) in [5, 5.41) is 3.25. The maximum Gasteiger partial charge on any atom is 0.130 e. The van der Waals surface area contributed by atoms with Crippen molar-refractivity contribution < 1.29 is 4.39 Å². The van der Waals surface area contributed by atoms with Crippen LogP contribution >= 0.6 is 22.6 Å². The van der Waals surface area contributed by atoms with Crippen molar-refractivity contribution in [3.05, 3.63) is 51.4 Å². The van der Waals surface area contributed by atoms with Gasteiger partial charge in [-0.05, 0) is 54.3 Å². The highest BCUT2D eigenvalue weighted by molar-refractivity contribution is 14.1. The normalized spacial score (nSPS) is 12.7. The number of nitrogens with zero attached hydrogens (tertiary/aromatic N) is 2. The molecule has 1 heterocycles. The van der Waals surface area contributed by atoms with E-state index in [1.54, 1.807) is 12.3 Å². The van der Waals surface area contributed by atoms with Crippen LogP contribution in [0, 0.1) is 9.39 Å². The van der Waals surface area contributed by atoms with E-state index in [4.69, 9.17) is 0 Å². The first-order chi connectivity index (χ1) is 8.67. The number of aromatic nitrogens is 2. The van der Waals surface area contributed by atoms with Crippen LogP contribution in [0.25, 0.3) is 0 Å². The van der Waals surface area contributed by atoms with Gasteiger partial charge in [0, 0.05) is 22.5 Å². The topological polar surface area (TPSA) is 29.9 Å². The zero-order chi connectivity index (χ0) is 13.1. The Bertz CT molecular complexity index is 539. The minimum atomic E-state index is -0.211. The molecule has 0 saturated heterocycles. The number of halogens is 2. The molecular weight excluding hydrogens is 344 g/mol. The number of hydrogen-bond acceptors (Lipinski definition) is 2. The van der Waals surface area contributed by atoms with E-state index in [1.807, 2.05) is 19.3 Å². The zero-order valence-electron chi connectivity index (χ0n) is 10.3. The molecule has 0 aliphatic rings. The van der Waals surface area contributed by atoms with Gasteiger partial charge in [-0.25, -0.2) is 9.37 Å². The van der Waals surface area contributed by atoms with E-state index >= 15 is 0 Å². The van der Waals surface area contributed by atoms with E-state index in [-0.39, 0.29) is 11.9 Å². The van der Waals surface area contributed by atoms with Crippen molar-refractivity contribution >= 4 is 22.6 Å². The Labute approximate surface area is 120 Å². The van der Waals surface area contributed by atoms with Gasteiger partial charge in [0.05, 0.1) is 6.04 Å². The fourth-order valence-electron chi connectivity index (χ4n) is 2.01. The van der Waals surface area contributed by atoms with E-state index in [9.17, 15) is 4.39 Å². The molecule has 1 aromatic heterocycles. The third kappa shape index (κ3) is 2.56. The molecule has 0 bridgehead atoms. The van der Waals surface area contributed by atoms with E-state index in [1.165, 1.54) is 6.07 Å². The summed E-state index contributed by atoms with van der Waals surface area (Å²) in [5.74, 6) is 0.737. The molecule has 0 spiro atoms. The smallest absolute Gasteiger partial charge is 0.130 e. The summed E-state index contributed by atoms with van der Waals surface area (Å²) in [5.41, 5.74) is 1.04. The van der Waals surface area contributed by atoms with Crippen LogP contribution in [0.2, 0.25) is 0 Å². The molecule has 18 heavy (non-hydrogen) atoms. The van der Waals surface area contributed by atoms with Crippen molar-refractivity contribution in [2.45, 2.75) is 19.5 Å². The number of imidazole rings is 1. The van der Waals surface area contributed by atoms with Gasteiger partial charge in [0.1, 0.15) is 11.6 Å². The summed E-state index contributed by atoms with van der Waals surface area (Å²) < 4.78 is 16.1. The molecule has 2 aromatic rings. The third-order valence-electron chi connectivity index (χ3n) is 2.91. The Morgan fingerprint density at radius 2 is 2.28 bits per heavy atom. The van der Waals surface area contributed by atoms with Crippen molar-refractivity contribution in [2.75, 3.05) is 7.05 Å². The highest BCUT2D eigenvalue weighted by Gasteiger charge is 2.19. The standard InChI is InChI=1S/C13H15FIN3/c1-3-18-7-6-17-13(18)12(16-2)10-5-4-9(14)8-11(10)15/h4-8,12,16H,3H2,1-2H3. The molecule has 0 amide bonds. The third-order valence-corrected chi connectivity index (χ3v) is 3.84. The predicted molar refractivity (Wildman–Crippen MR) is 77.9 cm³/mol. The van der Waals surface area contributed by atoms with E-state index in [0.29, 0.717) is 0 Å². The van der Waals surface area contributed by atoms with Gasteiger partial charge >= 0.3 is 0 Å². The Morgan fingerprint density at radius 1 is 1.50 bits per heavy atom. The van der Waals surface area contributed by atoms with Gasteiger partial charge in [-0.3, -0.25) is 0 Å². The average Bonchev–Trinajstić information content (AvgIpc) is 2.81. The number of nitrogens with one attached hydrogen (secondary N) is 1. The largest absolute Gasteiger partial charge is 0.334 e. The second-order valence-electron chi connectivity index (χ2n) is 3.96. The van der Waals surface area contributed by atoms with Crippen LogP contribution in [-0.4, -0.2) is 16.6 Å². The monoisotopic (exact) mass is 359 g/mol. The van der Waals surface area contributed by atoms with Gasteiger partial charge in [-0.15, -0.1) is 0 Å². The summed E-state index contributed by atoms with van der Waals surface area (Å²) in [4.78, 5) is 4.40. The maximum absolute atomic E-state index is 13.2. The molecule has 2 rings (SSSR count). The molecule has 1 aromatic carbocycles. The number of rotatable bonds is 4. The average molecular weight is 359 g/mol. The predicted octanol–water partition coefficient (Wildman–Crippen LogP) is 2.96. The molecule has 0 saturated carbocycles. The molecule has 1 N–H and O–H groups in total. The zero-order valence-corrected chi connectivity index (χ0v) is 12.5. The number of aryl methyl sites for hydroxylation is 1. The van der Waals surface area contributed by atoms with Gasteiger partial charge in [-0.2, -0.15) is 0 Å². The van der Waals surface area contributed by atoms with Crippen molar-refractivity contribution in [1.29, 1.82) is 0 Å². The number of hydrogen-bond donors (Lipinski definition) is 1. The Balaban J connectivity index is 2.45. The second kappa shape index (κ2) is 5.79. The lowest BCUT2D eigenvalue weighted by Gasteiger charge is -2.19. The molecular formula is C13H15FIN3.